The van der Waals surface area contributed by atoms with E-state index in [-0.39, 0.29) is 29.6 Å². The predicted octanol–water partition coefficient (Wildman–Crippen LogP) is 2.03. The van der Waals surface area contributed by atoms with Crippen LogP contribution in [0.2, 0.25) is 0 Å². The molecule has 1 aromatic rings. The van der Waals surface area contributed by atoms with Crippen molar-refractivity contribution < 1.29 is 22.8 Å². The Balaban J connectivity index is 2.12. The normalized spacial score (nSPS) is 16.6. The maximum atomic E-state index is 12.5. The number of primary amides is 1. The molecular weight excluding hydrogens is 319 g/mol. The summed E-state index contributed by atoms with van der Waals surface area (Å²) < 4.78 is 37.5. The first kappa shape index (κ1) is 16.6. The smallest absolute Gasteiger partial charge is 0.369 e. The maximum Gasteiger partial charge on any atom is 0.447 e. The third kappa shape index (κ3) is 4.12. The number of nitrogens with zero attached hydrogens (tertiary/aromatic N) is 2. The number of amides is 2. The van der Waals surface area contributed by atoms with E-state index in [2.05, 4.69) is 4.98 Å². The lowest BCUT2D eigenvalue weighted by Gasteiger charge is -2.30. The van der Waals surface area contributed by atoms with Crippen LogP contribution in [-0.4, -0.2) is 40.3 Å². The molecule has 0 aromatic carbocycles. The molecule has 120 valence electrons. The van der Waals surface area contributed by atoms with Crippen LogP contribution in [0.5, 0.6) is 0 Å². The second-order valence-corrected chi connectivity index (χ2v) is 5.93. The highest BCUT2D eigenvalue weighted by Gasteiger charge is 2.34. The molecule has 0 unspecified atom stereocenters. The number of pyridine rings is 1. The number of carbonyl (C=O) groups is 2. The molecule has 1 saturated heterocycles. The van der Waals surface area contributed by atoms with E-state index in [1.807, 2.05) is 0 Å². The average molecular weight is 333 g/mol. The quantitative estimate of drug-likeness (QED) is 0.859. The standard InChI is InChI=1S/C13H14F3N3O2S/c14-13(15,16)22-11-9(2-1-5-18-11)12(21)19-6-3-8(4-7-19)10(17)20/h1-2,5,8H,3-4,6-7H2,(H2,17,20). The summed E-state index contributed by atoms with van der Waals surface area (Å²) in [4.78, 5) is 28.5. The molecule has 0 aliphatic carbocycles. The van der Waals surface area contributed by atoms with E-state index in [9.17, 15) is 22.8 Å². The zero-order valence-corrected chi connectivity index (χ0v) is 12.3. The summed E-state index contributed by atoms with van der Waals surface area (Å²) in [5, 5.41) is -0.364. The molecule has 2 rings (SSSR count). The number of rotatable bonds is 3. The van der Waals surface area contributed by atoms with Gasteiger partial charge >= 0.3 is 5.51 Å². The highest BCUT2D eigenvalue weighted by atomic mass is 32.2. The summed E-state index contributed by atoms with van der Waals surface area (Å²) in [6.45, 7) is 0.578. The lowest BCUT2D eigenvalue weighted by atomic mass is 9.96. The summed E-state index contributed by atoms with van der Waals surface area (Å²) in [6, 6.07) is 2.74. The molecule has 0 atom stereocenters. The molecule has 0 radical (unpaired) electrons. The molecule has 5 nitrogen and oxygen atoms in total. The van der Waals surface area contributed by atoms with Gasteiger partial charge in [0.2, 0.25) is 5.91 Å². The first-order valence-corrected chi connectivity index (χ1v) is 7.39. The van der Waals surface area contributed by atoms with Crippen molar-refractivity contribution in [3.05, 3.63) is 23.9 Å². The van der Waals surface area contributed by atoms with E-state index in [1.165, 1.54) is 23.2 Å². The van der Waals surface area contributed by atoms with Crippen LogP contribution in [-0.2, 0) is 4.79 Å². The third-order valence-corrected chi connectivity index (χ3v) is 4.15. The minimum Gasteiger partial charge on any atom is -0.369 e. The van der Waals surface area contributed by atoms with Gasteiger partial charge in [-0.1, -0.05) is 0 Å². The first-order valence-electron chi connectivity index (χ1n) is 6.57. The largest absolute Gasteiger partial charge is 0.447 e. The van der Waals surface area contributed by atoms with E-state index in [0.717, 1.165) is 0 Å². The number of alkyl halides is 3. The van der Waals surface area contributed by atoms with Crippen LogP contribution in [0.15, 0.2) is 23.4 Å². The van der Waals surface area contributed by atoms with Crippen LogP contribution in [0.1, 0.15) is 23.2 Å². The number of hydrogen-bond acceptors (Lipinski definition) is 4. The molecule has 2 heterocycles. The SMILES string of the molecule is NC(=O)C1CCN(C(=O)c2cccnc2SC(F)(F)F)CC1. The van der Waals surface area contributed by atoms with Crippen molar-refractivity contribution in [2.75, 3.05) is 13.1 Å². The molecule has 22 heavy (non-hydrogen) atoms. The molecule has 9 heteroatoms. The van der Waals surface area contributed by atoms with Crippen LogP contribution in [0, 0.1) is 5.92 Å². The van der Waals surface area contributed by atoms with Gasteiger partial charge in [-0.15, -0.1) is 0 Å². The summed E-state index contributed by atoms with van der Waals surface area (Å²) >= 11 is -0.408. The van der Waals surface area contributed by atoms with Gasteiger partial charge in [0.15, 0.2) is 0 Å². The van der Waals surface area contributed by atoms with Gasteiger partial charge < -0.3 is 10.6 Å². The fourth-order valence-electron chi connectivity index (χ4n) is 2.28. The zero-order chi connectivity index (χ0) is 16.3. The van der Waals surface area contributed by atoms with Crippen LogP contribution in [0.4, 0.5) is 13.2 Å². The summed E-state index contributed by atoms with van der Waals surface area (Å²) in [6.07, 6.45) is 2.05. The Labute approximate surface area is 129 Å². The Morgan fingerprint density at radius 3 is 2.50 bits per heavy atom. The van der Waals surface area contributed by atoms with Gasteiger partial charge in [0.05, 0.1) is 5.56 Å². The number of nitrogens with two attached hydrogens (primary N) is 1. The highest BCUT2D eigenvalue weighted by molar-refractivity contribution is 8.00. The van der Waals surface area contributed by atoms with Crippen LogP contribution < -0.4 is 5.73 Å². The molecule has 0 bridgehead atoms. The third-order valence-electron chi connectivity index (χ3n) is 3.40. The van der Waals surface area contributed by atoms with Crippen molar-refractivity contribution >= 4 is 23.6 Å². The van der Waals surface area contributed by atoms with Gasteiger partial charge in [-0.05, 0) is 25.0 Å². The highest BCUT2D eigenvalue weighted by Crippen LogP contribution is 2.37. The van der Waals surface area contributed by atoms with Crippen LogP contribution in [0.3, 0.4) is 0 Å². The number of likely N-dealkylation sites (tertiary alicyclic amines) is 1. The number of hydrogen-bond donors (Lipinski definition) is 1. The van der Waals surface area contributed by atoms with Crippen molar-refractivity contribution in [3.63, 3.8) is 0 Å². The molecular formula is C13H14F3N3O2S. The fraction of sp³-hybridized carbons (Fsp3) is 0.462. The first-order chi connectivity index (χ1) is 10.3. The predicted molar refractivity (Wildman–Crippen MR) is 74.0 cm³/mol. The Kier molecular flexibility index (Phi) is 4.94. The van der Waals surface area contributed by atoms with Crippen molar-refractivity contribution in [3.8, 4) is 0 Å². The molecule has 2 amide bonds. The summed E-state index contributed by atoms with van der Waals surface area (Å²) in [5.41, 5.74) is 0.620. The number of halogens is 3. The van der Waals surface area contributed by atoms with E-state index >= 15 is 0 Å². The lowest BCUT2D eigenvalue weighted by Crippen LogP contribution is -2.42. The van der Waals surface area contributed by atoms with Gasteiger partial charge in [0.25, 0.3) is 5.91 Å². The Morgan fingerprint density at radius 2 is 1.95 bits per heavy atom. The minimum atomic E-state index is -4.51. The number of aromatic nitrogens is 1. The molecule has 1 aliphatic rings. The average Bonchev–Trinajstić information content (AvgIpc) is 2.45. The van der Waals surface area contributed by atoms with E-state index in [1.54, 1.807) is 0 Å². The summed E-state index contributed by atoms with van der Waals surface area (Å²) in [7, 11) is 0. The van der Waals surface area contributed by atoms with Crippen molar-refractivity contribution in [1.29, 1.82) is 0 Å². The molecule has 0 saturated carbocycles. The van der Waals surface area contributed by atoms with Gasteiger partial charge in [0, 0.05) is 37.0 Å². The van der Waals surface area contributed by atoms with E-state index < -0.39 is 29.1 Å². The van der Waals surface area contributed by atoms with E-state index in [0.29, 0.717) is 12.8 Å². The van der Waals surface area contributed by atoms with Crippen molar-refractivity contribution in [1.82, 2.24) is 9.88 Å². The second-order valence-electron chi connectivity index (χ2n) is 4.87. The minimum absolute atomic E-state index is 0.0812. The van der Waals surface area contributed by atoms with Gasteiger partial charge in [-0.25, -0.2) is 4.98 Å². The maximum absolute atomic E-state index is 12.5. The van der Waals surface area contributed by atoms with Crippen LogP contribution >= 0.6 is 11.8 Å². The topological polar surface area (TPSA) is 76.3 Å². The fourth-order valence-corrected chi connectivity index (χ4v) is 2.88. The lowest BCUT2D eigenvalue weighted by molar-refractivity contribution is -0.123. The Hall–Kier alpha value is -1.77. The molecule has 1 aliphatic heterocycles. The molecule has 0 spiro atoms. The molecule has 2 N–H and O–H groups in total. The Morgan fingerprint density at radius 1 is 1.32 bits per heavy atom. The van der Waals surface area contributed by atoms with Crippen molar-refractivity contribution in [2.24, 2.45) is 11.7 Å². The van der Waals surface area contributed by atoms with Gasteiger partial charge in [-0.3, -0.25) is 9.59 Å². The molecule has 1 fully saturated rings. The van der Waals surface area contributed by atoms with Crippen molar-refractivity contribution in [2.45, 2.75) is 23.4 Å². The monoisotopic (exact) mass is 333 g/mol. The van der Waals surface area contributed by atoms with E-state index in [4.69, 9.17) is 5.73 Å². The number of thioether (sulfide) groups is 1. The van der Waals surface area contributed by atoms with Gasteiger partial charge in [0.1, 0.15) is 5.03 Å². The number of piperidine rings is 1. The summed E-state index contributed by atoms with van der Waals surface area (Å²) in [5.74, 6) is -1.22. The van der Waals surface area contributed by atoms with Gasteiger partial charge in [-0.2, -0.15) is 13.2 Å². The van der Waals surface area contributed by atoms with Crippen LogP contribution in [0.25, 0.3) is 0 Å². The molecule has 1 aromatic heterocycles. The second kappa shape index (κ2) is 6.55. The Bertz CT molecular complexity index is 572. The zero-order valence-electron chi connectivity index (χ0n) is 11.5. The number of carbonyl (C=O) groups excluding carboxylic acids is 2.